The van der Waals surface area contributed by atoms with Crippen molar-refractivity contribution in [2.75, 3.05) is 17.2 Å². The first-order chi connectivity index (χ1) is 9.24. The van der Waals surface area contributed by atoms with Gasteiger partial charge in [-0.3, -0.25) is 9.59 Å². The lowest BCUT2D eigenvalue weighted by Crippen LogP contribution is -2.19. The van der Waals surface area contributed by atoms with Crippen LogP contribution >= 0.6 is 0 Å². The van der Waals surface area contributed by atoms with Crippen molar-refractivity contribution in [3.05, 3.63) is 23.8 Å². The van der Waals surface area contributed by atoms with Gasteiger partial charge >= 0.3 is 6.18 Å². The van der Waals surface area contributed by atoms with Crippen LogP contribution in [0.1, 0.15) is 18.9 Å². The van der Waals surface area contributed by atoms with Crippen molar-refractivity contribution >= 4 is 23.2 Å². The van der Waals surface area contributed by atoms with E-state index in [-0.39, 0.29) is 24.3 Å². The van der Waals surface area contributed by atoms with Crippen molar-refractivity contribution in [1.29, 1.82) is 0 Å². The zero-order valence-electron chi connectivity index (χ0n) is 10.7. The Kier molecular flexibility index (Phi) is 5.09. The van der Waals surface area contributed by atoms with Crippen molar-refractivity contribution < 1.29 is 22.8 Å². The SMILES string of the molecule is CC(=O)Nc1ccc(NC(=O)CCN)c(C(F)(F)F)c1. The first kappa shape index (κ1) is 16.0. The molecule has 0 aromatic heterocycles. The zero-order valence-corrected chi connectivity index (χ0v) is 10.7. The highest BCUT2D eigenvalue weighted by Gasteiger charge is 2.34. The van der Waals surface area contributed by atoms with E-state index in [1.165, 1.54) is 13.0 Å². The van der Waals surface area contributed by atoms with E-state index >= 15 is 0 Å². The highest BCUT2D eigenvalue weighted by Crippen LogP contribution is 2.36. The summed E-state index contributed by atoms with van der Waals surface area (Å²) in [5.74, 6) is -1.09. The number of hydrogen-bond acceptors (Lipinski definition) is 3. The van der Waals surface area contributed by atoms with Crippen LogP contribution in [0.25, 0.3) is 0 Å². The smallest absolute Gasteiger partial charge is 0.330 e. The maximum Gasteiger partial charge on any atom is 0.418 e. The number of halogens is 3. The van der Waals surface area contributed by atoms with Gasteiger partial charge in [0.05, 0.1) is 11.3 Å². The van der Waals surface area contributed by atoms with Gasteiger partial charge < -0.3 is 16.4 Å². The van der Waals surface area contributed by atoms with Crippen LogP contribution in [-0.4, -0.2) is 18.4 Å². The highest BCUT2D eigenvalue weighted by atomic mass is 19.4. The minimum Gasteiger partial charge on any atom is -0.330 e. The van der Waals surface area contributed by atoms with Gasteiger partial charge in [-0.1, -0.05) is 0 Å². The number of amides is 2. The van der Waals surface area contributed by atoms with Crippen molar-refractivity contribution in [3.63, 3.8) is 0 Å². The second-order valence-electron chi connectivity index (χ2n) is 4.03. The zero-order chi connectivity index (χ0) is 15.3. The van der Waals surface area contributed by atoms with E-state index in [4.69, 9.17) is 5.73 Å². The number of nitrogens with one attached hydrogen (secondary N) is 2. The lowest BCUT2D eigenvalue weighted by atomic mass is 10.1. The molecule has 20 heavy (non-hydrogen) atoms. The molecule has 1 aromatic rings. The molecule has 0 fully saturated rings. The summed E-state index contributed by atoms with van der Waals surface area (Å²) < 4.78 is 38.7. The molecule has 0 bridgehead atoms. The second kappa shape index (κ2) is 6.38. The van der Waals surface area contributed by atoms with E-state index in [1.54, 1.807) is 0 Å². The van der Waals surface area contributed by atoms with Crippen molar-refractivity contribution in [2.24, 2.45) is 5.73 Å². The molecule has 0 atom stereocenters. The Bertz CT molecular complexity index is 515. The molecule has 0 saturated carbocycles. The Labute approximate surface area is 113 Å². The number of anilines is 2. The van der Waals surface area contributed by atoms with Gasteiger partial charge in [0.25, 0.3) is 0 Å². The second-order valence-corrected chi connectivity index (χ2v) is 4.03. The topological polar surface area (TPSA) is 84.2 Å². The number of nitrogens with two attached hydrogens (primary N) is 1. The van der Waals surface area contributed by atoms with E-state index in [9.17, 15) is 22.8 Å². The predicted octanol–water partition coefficient (Wildman–Crippen LogP) is 1.95. The molecule has 8 heteroatoms. The standard InChI is InChI=1S/C12H14F3N3O2/c1-7(19)17-8-2-3-10(18-11(20)4-5-16)9(6-8)12(13,14)15/h2-3,6H,4-5,16H2,1H3,(H,17,19)(H,18,20). The van der Waals surface area contributed by atoms with Gasteiger partial charge in [-0.15, -0.1) is 0 Å². The van der Waals surface area contributed by atoms with Crippen LogP contribution in [0.15, 0.2) is 18.2 Å². The molecule has 2 amide bonds. The van der Waals surface area contributed by atoms with Gasteiger partial charge in [0.2, 0.25) is 11.8 Å². The number of hydrogen-bond donors (Lipinski definition) is 3. The fourth-order valence-electron chi connectivity index (χ4n) is 1.51. The summed E-state index contributed by atoms with van der Waals surface area (Å²) >= 11 is 0. The Morgan fingerprint density at radius 3 is 2.40 bits per heavy atom. The molecule has 4 N–H and O–H groups in total. The Balaban J connectivity index is 3.10. The highest BCUT2D eigenvalue weighted by molar-refractivity contribution is 5.93. The molecular formula is C12H14F3N3O2. The summed E-state index contributed by atoms with van der Waals surface area (Å²) in [5, 5.41) is 4.40. The number of rotatable bonds is 4. The van der Waals surface area contributed by atoms with Gasteiger partial charge in [0.1, 0.15) is 0 Å². The Morgan fingerprint density at radius 1 is 1.25 bits per heavy atom. The molecule has 0 spiro atoms. The summed E-state index contributed by atoms with van der Waals surface area (Å²) in [6.45, 7) is 1.22. The van der Waals surface area contributed by atoms with E-state index in [1.807, 2.05) is 0 Å². The maximum absolute atomic E-state index is 12.9. The average Bonchev–Trinajstić information content (AvgIpc) is 2.29. The van der Waals surface area contributed by atoms with E-state index in [0.29, 0.717) is 0 Å². The number of benzene rings is 1. The minimum atomic E-state index is -4.65. The predicted molar refractivity (Wildman–Crippen MR) is 68.0 cm³/mol. The van der Waals surface area contributed by atoms with Crippen LogP contribution in [0.2, 0.25) is 0 Å². The summed E-state index contributed by atoms with van der Waals surface area (Å²) in [6.07, 6.45) is -4.73. The molecule has 0 heterocycles. The van der Waals surface area contributed by atoms with Crippen LogP contribution in [-0.2, 0) is 15.8 Å². The van der Waals surface area contributed by atoms with Crippen molar-refractivity contribution in [3.8, 4) is 0 Å². The van der Waals surface area contributed by atoms with Gasteiger partial charge in [0.15, 0.2) is 0 Å². The average molecular weight is 289 g/mol. The molecule has 0 aliphatic heterocycles. The molecule has 0 radical (unpaired) electrons. The summed E-state index contributed by atoms with van der Waals surface area (Å²) in [5.41, 5.74) is 3.75. The largest absolute Gasteiger partial charge is 0.418 e. The summed E-state index contributed by atoms with van der Waals surface area (Å²) in [7, 11) is 0. The number of alkyl halides is 3. The molecule has 0 aliphatic carbocycles. The van der Waals surface area contributed by atoms with Crippen LogP contribution in [0, 0.1) is 0 Å². The number of carbonyl (C=O) groups excluding carboxylic acids is 2. The monoisotopic (exact) mass is 289 g/mol. The molecule has 1 aromatic carbocycles. The quantitative estimate of drug-likeness (QED) is 0.792. The van der Waals surface area contributed by atoms with Gasteiger partial charge in [-0.25, -0.2) is 0 Å². The molecular weight excluding hydrogens is 275 g/mol. The van der Waals surface area contributed by atoms with Crippen LogP contribution < -0.4 is 16.4 Å². The van der Waals surface area contributed by atoms with Crippen molar-refractivity contribution in [2.45, 2.75) is 19.5 Å². The molecule has 0 unspecified atom stereocenters. The summed E-state index contributed by atoms with van der Waals surface area (Å²) in [6, 6.07) is 3.12. The lowest BCUT2D eigenvalue weighted by Gasteiger charge is -2.15. The van der Waals surface area contributed by atoms with Crippen LogP contribution in [0.5, 0.6) is 0 Å². The summed E-state index contributed by atoms with van der Waals surface area (Å²) in [4.78, 5) is 22.2. The molecule has 5 nitrogen and oxygen atoms in total. The van der Waals surface area contributed by atoms with E-state index in [2.05, 4.69) is 10.6 Å². The fourth-order valence-corrected chi connectivity index (χ4v) is 1.51. The van der Waals surface area contributed by atoms with Crippen LogP contribution in [0.3, 0.4) is 0 Å². The van der Waals surface area contributed by atoms with Gasteiger partial charge in [-0.2, -0.15) is 13.2 Å². The maximum atomic E-state index is 12.9. The molecule has 0 aliphatic rings. The number of carbonyl (C=O) groups is 2. The van der Waals surface area contributed by atoms with Gasteiger partial charge in [0, 0.05) is 25.6 Å². The molecule has 110 valence electrons. The Hall–Kier alpha value is -2.09. The first-order valence-corrected chi connectivity index (χ1v) is 5.73. The third-order valence-corrected chi connectivity index (χ3v) is 2.29. The molecule has 0 saturated heterocycles. The van der Waals surface area contributed by atoms with E-state index in [0.717, 1.165) is 12.1 Å². The third kappa shape index (κ3) is 4.54. The Morgan fingerprint density at radius 2 is 1.90 bits per heavy atom. The van der Waals surface area contributed by atoms with Gasteiger partial charge in [-0.05, 0) is 18.2 Å². The van der Waals surface area contributed by atoms with Crippen molar-refractivity contribution in [1.82, 2.24) is 0 Å². The lowest BCUT2D eigenvalue weighted by molar-refractivity contribution is -0.137. The minimum absolute atomic E-state index is 0.00153. The third-order valence-electron chi connectivity index (χ3n) is 2.29. The van der Waals surface area contributed by atoms with E-state index < -0.39 is 23.6 Å². The first-order valence-electron chi connectivity index (χ1n) is 5.73. The normalized spacial score (nSPS) is 11.1. The molecule has 1 rings (SSSR count). The van der Waals surface area contributed by atoms with Crippen LogP contribution in [0.4, 0.5) is 24.5 Å². The fraction of sp³-hybridized carbons (Fsp3) is 0.333.